The lowest BCUT2D eigenvalue weighted by Gasteiger charge is -2.06. The topological polar surface area (TPSA) is 59.7 Å². The average molecular weight is 378 g/mol. The van der Waals surface area contributed by atoms with E-state index in [9.17, 15) is 0 Å². The second-order valence-corrected chi connectivity index (χ2v) is 6.12. The Morgan fingerprint density at radius 1 is 0.552 bits per heavy atom. The van der Waals surface area contributed by atoms with Crippen molar-refractivity contribution in [1.29, 1.82) is 0 Å². The minimum absolute atomic E-state index is 0.742. The van der Waals surface area contributed by atoms with E-state index in [1.807, 2.05) is 84.9 Å². The number of benzene rings is 2. The number of hydrogen-bond acceptors (Lipinski definition) is 5. The summed E-state index contributed by atoms with van der Waals surface area (Å²) < 4.78 is 5.89. The molecule has 4 rings (SSSR count). The average Bonchev–Trinajstić information content (AvgIpc) is 2.80. The van der Waals surface area contributed by atoms with Gasteiger partial charge in [-0.25, -0.2) is 0 Å². The minimum atomic E-state index is 0.742. The van der Waals surface area contributed by atoms with Gasteiger partial charge < -0.3 is 4.74 Å². The van der Waals surface area contributed by atoms with E-state index in [0.29, 0.717) is 0 Å². The van der Waals surface area contributed by atoms with Crippen LogP contribution in [0.25, 0.3) is 0 Å². The molecule has 0 aliphatic heterocycles. The van der Waals surface area contributed by atoms with Gasteiger partial charge in [-0.2, -0.15) is 0 Å². The highest BCUT2D eigenvalue weighted by Gasteiger charge is 1.99. The van der Waals surface area contributed by atoms with Crippen molar-refractivity contribution in [3.63, 3.8) is 0 Å². The monoisotopic (exact) mass is 378 g/mol. The molecule has 5 heteroatoms. The van der Waals surface area contributed by atoms with E-state index in [1.54, 1.807) is 24.8 Å². The van der Waals surface area contributed by atoms with Gasteiger partial charge in [0, 0.05) is 12.4 Å². The van der Waals surface area contributed by atoms with Gasteiger partial charge in [0.25, 0.3) is 0 Å². The first-order valence-electron chi connectivity index (χ1n) is 9.13. The summed E-state index contributed by atoms with van der Waals surface area (Å²) in [6.45, 7) is 0. The van der Waals surface area contributed by atoms with Gasteiger partial charge in [-0.05, 0) is 72.8 Å². The molecular weight excluding hydrogens is 360 g/mol. The van der Waals surface area contributed by atoms with Gasteiger partial charge in [0.15, 0.2) is 0 Å². The molecule has 2 aromatic heterocycles. The molecule has 2 aromatic carbocycles. The second-order valence-electron chi connectivity index (χ2n) is 6.12. The fraction of sp³-hybridized carbons (Fsp3) is 0. The molecule has 5 nitrogen and oxygen atoms in total. The lowest BCUT2D eigenvalue weighted by Crippen LogP contribution is -1.85. The Morgan fingerprint density at radius 3 is 1.38 bits per heavy atom. The van der Waals surface area contributed by atoms with E-state index in [0.717, 1.165) is 34.3 Å². The Kier molecular flexibility index (Phi) is 5.78. The predicted octanol–water partition coefficient (Wildman–Crippen LogP) is 5.77. The van der Waals surface area contributed by atoms with Crippen LogP contribution in [0.3, 0.4) is 0 Å². The number of aliphatic imine (C=N–C) groups is 2. The third-order valence-electron chi connectivity index (χ3n) is 3.98. The summed E-state index contributed by atoms with van der Waals surface area (Å²) >= 11 is 0. The van der Waals surface area contributed by atoms with E-state index in [-0.39, 0.29) is 0 Å². The summed E-state index contributed by atoms with van der Waals surface area (Å²) in [5.41, 5.74) is 3.31. The summed E-state index contributed by atoms with van der Waals surface area (Å²) in [6.07, 6.45) is 6.96. The number of pyridine rings is 2. The van der Waals surface area contributed by atoms with Gasteiger partial charge in [0.05, 0.1) is 35.2 Å². The maximum atomic E-state index is 5.89. The SMILES string of the molecule is C(=Nc1ccc(Oc2ccc(N=Cc3ccccn3)cc2)cc1)c1ccccn1. The lowest BCUT2D eigenvalue weighted by atomic mass is 10.3. The molecule has 0 radical (unpaired) electrons. The molecular formula is C24H18N4O. The molecule has 0 saturated carbocycles. The number of nitrogens with zero attached hydrogens (tertiary/aromatic N) is 4. The van der Waals surface area contributed by atoms with Crippen molar-refractivity contribution in [3.8, 4) is 11.5 Å². The van der Waals surface area contributed by atoms with Crippen molar-refractivity contribution in [2.75, 3.05) is 0 Å². The van der Waals surface area contributed by atoms with Crippen molar-refractivity contribution in [1.82, 2.24) is 9.97 Å². The fourth-order valence-corrected chi connectivity index (χ4v) is 2.52. The summed E-state index contributed by atoms with van der Waals surface area (Å²) in [7, 11) is 0. The number of aromatic nitrogens is 2. The molecule has 0 unspecified atom stereocenters. The third-order valence-corrected chi connectivity index (χ3v) is 3.98. The second kappa shape index (κ2) is 9.19. The van der Waals surface area contributed by atoms with Crippen LogP contribution < -0.4 is 4.74 Å². The maximum Gasteiger partial charge on any atom is 0.127 e. The Hall–Kier alpha value is -4.12. The Balaban J connectivity index is 1.36. The van der Waals surface area contributed by atoms with E-state index in [1.165, 1.54) is 0 Å². The van der Waals surface area contributed by atoms with E-state index >= 15 is 0 Å². The van der Waals surface area contributed by atoms with Crippen LogP contribution >= 0.6 is 0 Å². The van der Waals surface area contributed by atoms with Crippen LogP contribution in [0.1, 0.15) is 11.4 Å². The van der Waals surface area contributed by atoms with E-state index in [4.69, 9.17) is 4.74 Å². The quantitative estimate of drug-likeness (QED) is 0.400. The number of rotatable bonds is 6. The van der Waals surface area contributed by atoms with Gasteiger partial charge in [0.1, 0.15) is 11.5 Å². The summed E-state index contributed by atoms with van der Waals surface area (Å²) in [6, 6.07) is 26.6. The van der Waals surface area contributed by atoms with Crippen LogP contribution in [-0.4, -0.2) is 22.4 Å². The molecule has 0 atom stereocenters. The summed E-state index contributed by atoms with van der Waals surface area (Å²) in [5, 5.41) is 0. The van der Waals surface area contributed by atoms with Crippen LogP contribution in [0.15, 0.2) is 107 Å². The predicted molar refractivity (Wildman–Crippen MR) is 116 cm³/mol. The first-order valence-corrected chi connectivity index (χ1v) is 9.13. The van der Waals surface area contributed by atoms with Crippen LogP contribution in [0.5, 0.6) is 11.5 Å². The van der Waals surface area contributed by atoms with Gasteiger partial charge in [0.2, 0.25) is 0 Å². The standard InChI is InChI=1S/C24H18N4O/c1-3-15-25-21(5-1)17-27-19-7-11-23(12-8-19)29-24-13-9-20(10-14-24)28-18-22-6-2-4-16-26-22/h1-18H. The Morgan fingerprint density at radius 2 is 1.00 bits per heavy atom. The van der Waals surface area contributed by atoms with Gasteiger partial charge in [-0.3, -0.25) is 20.0 Å². The summed E-state index contributed by atoms with van der Waals surface area (Å²) in [4.78, 5) is 17.3. The van der Waals surface area contributed by atoms with Crippen LogP contribution in [-0.2, 0) is 0 Å². The number of ether oxygens (including phenoxy) is 1. The molecule has 140 valence electrons. The first-order chi connectivity index (χ1) is 14.3. The highest BCUT2D eigenvalue weighted by atomic mass is 16.5. The van der Waals surface area contributed by atoms with Crippen LogP contribution in [0, 0.1) is 0 Å². The zero-order valence-corrected chi connectivity index (χ0v) is 15.6. The zero-order valence-electron chi connectivity index (χ0n) is 15.6. The first kappa shape index (κ1) is 18.3. The van der Waals surface area contributed by atoms with Gasteiger partial charge in [-0.15, -0.1) is 0 Å². The van der Waals surface area contributed by atoms with Crippen molar-refractivity contribution < 1.29 is 4.74 Å². The smallest absolute Gasteiger partial charge is 0.127 e. The lowest BCUT2D eigenvalue weighted by molar-refractivity contribution is 0.483. The molecule has 0 fully saturated rings. The molecule has 0 bridgehead atoms. The summed E-state index contributed by atoms with van der Waals surface area (Å²) in [5.74, 6) is 1.48. The van der Waals surface area contributed by atoms with E-state index in [2.05, 4.69) is 20.0 Å². The molecule has 0 saturated heterocycles. The highest BCUT2D eigenvalue weighted by molar-refractivity contribution is 5.80. The molecule has 0 aliphatic carbocycles. The molecule has 29 heavy (non-hydrogen) atoms. The fourth-order valence-electron chi connectivity index (χ4n) is 2.52. The van der Waals surface area contributed by atoms with E-state index < -0.39 is 0 Å². The van der Waals surface area contributed by atoms with Crippen LogP contribution in [0.4, 0.5) is 11.4 Å². The Labute approximate surface area is 169 Å². The Bertz CT molecular complexity index is 1000. The maximum absolute atomic E-state index is 5.89. The van der Waals surface area contributed by atoms with Gasteiger partial charge >= 0.3 is 0 Å². The largest absolute Gasteiger partial charge is 0.457 e. The minimum Gasteiger partial charge on any atom is -0.457 e. The van der Waals surface area contributed by atoms with Crippen LogP contribution in [0.2, 0.25) is 0 Å². The zero-order chi connectivity index (χ0) is 19.7. The molecule has 2 heterocycles. The molecule has 0 aliphatic rings. The normalized spacial score (nSPS) is 11.2. The highest BCUT2D eigenvalue weighted by Crippen LogP contribution is 2.25. The van der Waals surface area contributed by atoms with Gasteiger partial charge in [-0.1, -0.05) is 12.1 Å². The molecule has 0 amide bonds. The third kappa shape index (κ3) is 5.43. The van der Waals surface area contributed by atoms with Crippen molar-refractivity contribution >= 4 is 23.8 Å². The van der Waals surface area contributed by atoms with Crippen molar-refractivity contribution in [3.05, 3.63) is 109 Å². The number of hydrogen-bond donors (Lipinski definition) is 0. The molecule has 0 spiro atoms. The van der Waals surface area contributed by atoms with Crippen molar-refractivity contribution in [2.24, 2.45) is 9.98 Å². The molecule has 0 N–H and O–H groups in total. The molecule has 4 aromatic rings. The van der Waals surface area contributed by atoms with Crippen molar-refractivity contribution in [2.45, 2.75) is 0 Å².